The normalized spacial score (nSPS) is 14.9. The third kappa shape index (κ3) is 3.98. The number of hydrogen-bond donors (Lipinski definition) is 1. The summed E-state index contributed by atoms with van der Waals surface area (Å²) >= 11 is 3.27. The second-order valence-electron chi connectivity index (χ2n) is 7.97. The molecule has 2 amide bonds. The third-order valence-corrected chi connectivity index (χ3v) is 7.61. The van der Waals surface area contributed by atoms with Gasteiger partial charge in [-0.2, -0.15) is 0 Å². The highest BCUT2D eigenvalue weighted by Gasteiger charge is 2.26. The van der Waals surface area contributed by atoms with Gasteiger partial charge in [0.15, 0.2) is 12.4 Å². The molecule has 7 nitrogen and oxygen atoms in total. The zero-order chi connectivity index (χ0) is 22.2. The molecule has 0 spiro atoms. The van der Waals surface area contributed by atoms with Crippen LogP contribution in [0, 0.1) is 13.8 Å². The van der Waals surface area contributed by atoms with Crippen LogP contribution < -0.4 is 10.1 Å². The molecule has 1 fully saturated rings. The van der Waals surface area contributed by atoms with E-state index in [2.05, 4.69) is 10.3 Å². The molecule has 1 aromatic carbocycles. The Labute approximate surface area is 193 Å². The number of ether oxygens (including phenoxy) is 1. The molecule has 0 bridgehead atoms. The van der Waals surface area contributed by atoms with E-state index in [1.807, 2.05) is 31.4 Å². The molecule has 1 saturated heterocycles. The molecule has 0 atom stereocenters. The van der Waals surface area contributed by atoms with E-state index in [0.717, 1.165) is 36.6 Å². The van der Waals surface area contributed by atoms with E-state index in [1.54, 1.807) is 33.6 Å². The van der Waals surface area contributed by atoms with Gasteiger partial charge in [-0.1, -0.05) is 0 Å². The molecule has 4 aromatic rings. The van der Waals surface area contributed by atoms with Gasteiger partial charge in [-0.05, 0) is 44.2 Å². The van der Waals surface area contributed by atoms with Gasteiger partial charge in [0.25, 0.3) is 11.8 Å². The standard InChI is InChI=1S/C23H23N3O4S2/c1-13-5-9-29-21(13)23(28)25-15-3-7-26(8-4-15)19(27)12-30-17-11-18-20(24-14(2)32-18)22-16(17)6-10-31-22/h5-6,9-11,15H,3-4,7-8,12H2,1-2H3,(H,25,28). The number of nitrogens with one attached hydrogen (secondary N) is 1. The van der Waals surface area contributed by atoms with Crippen LogP contribution in [0.2, 0.25) is 0 Å². The van der Waals surface area contributed by atoms with Gasteiger partial charge in [-0.25, -0.2) is 4.98 Å². The van der Waals surface area contributed by atoms with Crippen LogP contribution >= 0.6 is 22.7 Å². The lowest BCUT2D eigenvalue weighted by Gasteiger charge is -2.32. The minimum atomic E-state index is -0.200. The molecule has 3 aromatic heterocycles. The molecule has 0 aliphatic carbocycles. The predicted molar refractivity (Wildman–Crippen MR) is 126 cm³/mol. The first kappa shape index (κ1) is 21.0. The molecule has 1 aliphatic heterocycles. The number of rotatable bonds is 5. The van der Waals surface area contributed by atoms with Crippen molar-refractivity contribution >= 4 is 54.8 Å². The fourth-order valence-corrected chi connectivity index (χ4v) is 5.90. The van der Waals surface area contributed by atoms with Crippen molar-refractivity contribution < 1.29 is 18.7 Å². The van der Waals surface area contributed by atoms with Crippen LogP contribution in [-0.2, 0) is 4.79 Å². The number of thiazole rings is 1. The summed E-state index contributed by atoms with van der Waals surface area (Å²) in [7, 11) is 0. The van der Waals surface area contributed by atoms with Gasteiger partial charge >= 0.3 is 0 Å². The van der Waals surface area contributed by atoms with Crippen LogP contribution in [0.3, 0.4) is 0 Å². The van der Waals surface area contributed by atoms with Crippen molar-refractivity contribution in [1.82, 2.24) is 15.2 Å². The number of aromatic nitrogens is 1. The number of amides is 2. The molecule has 166 valence electrons. The smallest absolute Gasteiger partial charge is 0.287 e. The first-order valence-corrected chi connectivity index (χ1v) is 12.2. The maximum Gasteiger partial charge on any atom is 0.287 e. The fourth-order valence-electron chi connectivity index (χ4n) is 4.07. The Morgan fingerprint density at radius 3 is 2.84 bits per heavy atom. The summed E-state index contributed by atoms with van der Waals surface area (Å²) in [6.45, 7) is 5.01. The highest BCUT2D eigenvalue weighted by atomic mass is 32.1. The highest BCUT2D eigenvalue weighted by Crippen LogP contribution is 2.38. The SMILES string of the molecule is Cc1nc2c(cc(OCC(=O)N3CCC(NC(=O)c4occc4C)CC3)c3ccsc32)s1. The number of carbonyl (C=O) groups excluding carboxylic acids is 2. The third-order valence-electron chi connectivity index (χ3n) is 5.77. The number of thiophene rings is 1. The second kappa shape index (κ2) is 8.55. The number of hydrogen-bond acceptors (Lipinski definition) is 7. The Hall–Kier alpha value is -2.91. The summed E-state index contributed by atoms with van der Waals surface area (Å²) in [5, 5.41) is 7.04. The van der Waals surface area contributed by atoms with Gasteiger partial charge in [0.1, 0.15) is 5.75 Å². The van der Waals surface area contributed by atoms with Crippen LogP contribution in [0.4, 0.5) is 0 Å². The Morgan fingerprint density at radius 2 is 2.09 bits per heavy atom. The Kier molecular flexibility index (Phi) is 5.60. The van der Waals surface area contributed by atoms with Crippen LogP contribution in [0.5, 0.6) is 5.75 Å². The van der Waals surface area contributed by atoms with Crippen molar-refractivity contribution in [2.75, 3.05) is 19.7 Å². The summed E-state index contributed by atoms with van der Waals surface area (Å²) in [5.74, 6) is 0.834. The average molecular weight is 470 g/mol. The van der Waals surface area contributed by atoms with Gasteiger partial charge in [0.05, 0.1) is 26.2 Å². The van der Waals surface area contributed by atoms with Crippen LogP contribution in [-0.4, -0.2) is 47.4 Å². The van der Waals surface area contributed by atoms with Crippen molar-refractivity contribution in [2.45, 2.75) is 32.7 Å². The van der Waals surface area contributed by atoms with Crippen molar-refractivity contribution in [2.24, 2.45) is 0 Å². The zero-order valence-electron chi connectivity index (χ0n) is 17.8. The topological polar surface area (TPSA) is 84.7 Å². The minimum absolute atomic E-state index is 0.00312. The van der Waals surface area contributed by atoms with Gasteiger partial charge in [-0.15, -0.1) is 22.7 Å². The molecule has 0 radical (unpaired) electrons. The monoisotopic (exact) mass is 469 g/mol. The number of nitrogens with zero attached hydrogens (tertiary/aromatic N) is 2. The number of carbonyl (C=O) groups is 2. The molecule has 1 aliphatic rings. The number of aryl methyl sites for hydroxylation is 2. The molecule has 1 N–H and O–H groups in total. The Balaban J connectivity index is 1.18. The lowest BCUT2D eigenvalue weighted by Crippen LogP contribution is -2.47. The van der Waals surface area contributed by atoms with E-state index < -0.39 is 0 Å². The summed E-state index contributed by atoms with van der Waals surface area (Å²) < 4.78 is 13.4. The van der Waals surface area contributed by atoms with Crippen molar-refractivity contribution in [3.05, 3.63) is 46.2 Å². The van der Waals surface area contributed by atoms with Crippen LogP contribution in [0.25, 0.3) is 20.3 Å². The quantitative estimate of drug-likeness (QED) is 0.465. The first-order chi connectivity index (χ1) is 15.5. The molecule has 5 rings (SSSR count). The zero-order valence-corrected chi connectivity index (χ0v) is 19.5. The van der Waals surface area contributed by atoms with E-state index in [4.69, 9.17) is 9.15 Å². The number of benzene rings is 1. The minimum Gasteiger partial charge on any atom is -0.483 e. The summed E-state index contributed by atoms with van der Waals surface area (Å²) in [6, 6.07) is 5.80. The maximum absolute atomic E-state index is 12.8. The lowest BCUT2D eigenvalue weighted by atomic mass is 10.0. The van der Waals surface area contributed by atoms with Crippen molar-refractivity contribution in [3.63, 3.8) is 0 Å². The largest absolute Gasteiger partial charge is 0.483 e. The van der Waals surface area contributed by atoms with Crippen LogP contribution in [0.15, 0.2) is 34.3 Å². The number of fused-ring (bicyclic) bond motifs is 3. The van der Waals surface area contributed by atoms with Gasteiger partial charge in [-0.3, -0.25) is 9.59 Å². The van der Waals surface area contributed by atoms with Gasteiger partial charge < -0.3 is 19.4 Å². The molecular weight excluding hydrogens is 446 g/mol. The highest BCUT2D eigenvalue weighted by molar-refractivity contribution is 7.21. The van der Waals surface area contributed by atoms with Crippen molar-refractivity contribution in [3.8, 4) is 5.75 Å². The number of furan rings is 1. The number of piperidine rings is 1. The van der Waals surface area contributed by atoms with E-state index in [0.29, 0.717) is 31.7 Å². The fraction of sp³-hybridized carbons (Fsp3) is 0.348. The number of likely N-dealkylation sites (tertiary alicyclic amines) is 1. The van der Waals surface area contributed by atoms with Gasteiger partial charge in [0.2, 0.25) is 0 Å². The van der Waals surface area contributed by atoms with Crippen LogP contribution in [0.1, 0.15) is 34.0 Å². The molecule has 32 heavy (non-hydrogen) atoms. The predicted octanol–water partition coefficient (Wildman–Crippen LogP) is 4.52. The second-order valence-corrected chi connectivity index (χ2v) is 10.1. The van der Waals surface area contributed by atoms with Crippen molar-refractivity contribution in [1.29, 1.82) is 0 Å². The molecular formula is C23H23N3O4S2. The Morgan fingerprint density at radius 1 is 1.28 bits per heavy atom. The maximum atomic E-state index is 12.8. The van der Waals surface area contributed by atoms with Gasteiger partial charge in [0, 0.05) is 36.1 Å². The molecule has 0 unspecified atom stereocenters. The van der Waals surface area contributed by atoms with E-state index in [1.165, 1.54) is 6.26 Å². The summed E-state index contributed by atoms with van der Waals surface area (Å²) in [4.78, 5) is 31.5. The molecule has 0 saturated carbocycles. The molecule has 4 heterocycles. The van der Waals surface area contributed by atoms with E-state index in [9.17, 15) is 9.59 Å². The summed E-state index contributed by atoms with van der Waals surface area (Å²) in [6.07, 6.45) is 2.93. The first-order valence-electron chi connectivity index (χ1n) is 10.5. The summed E-state index contributed by atoms with van der Waals surface area (Å²) in [5.41, 5.74) is 1.82. The Bertz CT molecular complexity index is 1300. The average Bonchev–Trinajstić information content (AvgIpc) is 3.51. The van der Waals surface area contributed by atoms with E-state index >= 15 is 0 Å². The lowest BCUT2D eigenvalue weighted by molar-refractivity contribution is -0.134. The van der Waals surface area contributed by atoms with E-state index in [-0.39, 0.29) is 24.5 Å². The molecule has 9 heteroatoms.